The molecule has 0 spiro atoms. The van der Waals surface area contributed by atoms with E-state index in [1.165, 1.54) is 31.4 Å². The van der Waals surface area contributed by atoms with E-state index in [2.05, 4.69) is 17.2 Å². The third-order valence-corrected chi connectivity index (χ3v) is 4.49. The average Bonchev–Trinajstić information content (AvgIpc) is 2.85. The van der Waals surface area contributed by atoms with Crippen LogP contribution >= 0.6 is 11.3 Å². The van der Waals surface area contributed by atoms with Gasteiger partial charge in [0.2, 0.25) is 0 Å². The molecule has 0 bridgehead atoms. The first kappa shape index (κ1) is 11.0. The summed E-state index contributed by atoms with van der Waals surface area (Å²) < 4.78 is 14.1. The Morgan fingerprint density at radius 2 is 2.29 bits per heavy atom. The van der Waals surface area contributed by atoms with Gasteiger partial charge in [-0.25, -0.2) is 9.37 Å². The van der Waals surface area contributed by atoms with Crippen molar-refractivity contribution in [1.29, 1.82) is 0 Å². The molecule has 1 saturated carbocycles. The van der Waals surface area contributed by atoms with Gasteiger partial charge in [-0.2, -0.15) is 0 Å². The molecule has 1 N–H and O–H groups in total. The number of anilines is 1. The van der Waals surface area contributed by atoms with E-state index < -0.39 is 0 Å². The normalized spacial score (nSPS) is 24.4. The average molecular weight is 250 g/mol. The number of nitrogens with zero attached hydrogens (tertiary/aromatic N) is 1. The highest BCUT2D eigenvalue weighted by molar-refractivity contribution is 7.22. The van der Waals surface area contributed by atoms with Crippen LogP contribution in [0, 0.1) is 11.7 Å². The van der Waals surface area contributed by atoms with Crippen molar-refractivity contribution >= 4 is 26.7 Å². The fourth-order valence-electron chi connectivity index (χ4n) is 2.48. The molecule has 3 rings (SSSR count). The molecule has 1 aromatic carbocycles. The molecule has 4 heteroatoms. The van der Waals surface area contributed by atoms with Crippen LogP contribution in [-0.2, 0) is 0 Å². The molecule has 0 amide bonds. The first-order valence-electron chi connectivity index (χ1n) is 6.05. The number of benzene rings is 1. The Hall–Kier alpha value is -1.16. The minimum Gasteiger partial charge on any atom is -0.358 e. The van der Waals surface area contributed by atoms with E-state index >= 15 is 0 Å². The van der Waals surface area contributed by atoms with Crippen molar-refractivity contribution in [2.75, 3.05) is 5.32 Å². The number of rotatable bonds is 2. The Labute approximate surface area is 104 Å². The highest BCUT2D eigenvalue weighted by atomic mass is 32.1. The number of hydrogen-bond acceptors (Lipinski definition) is 3. The molecule has 1 heterocycles. The van der Waals surface area contributed by atoms with Gasteiger partial charge in [0, 0.05) is 12.1 Å². The van der Waals surface area contributed by atoms with Gasteiger partial charge < -0.3 is 5.32 Å². The van der Waals surface area contributed by atoms with Gasteiger partial charge in [0.1, 0.15) is 5.82 Å². The monoisotopic (exact) mass is 250 g/mol. The Kier molecular flexibility index (Phi) is 2.74. The molecule has 1 fully saturated rings. The van der Waals surface area contributed by atoms with Gasteiger partial charge >= 0.3 is 0 Å². The summed E-state index contributed by atoms with van der Waals surface area (Å²) >= 11 is 1.61. The zero-order chi connectivity index (χ0) is 11.8. The second-order valence-electron chi connectivity index (χ2n) is 4.79. The molecule has 1 aliphatic rings. The number of fused-ring (bicyclic) bond motifs is 1. The summed E-state index contributed by atoms with van der Waals surface area (Å²) in [6, 6.07) is 5.31. The molecule has 2 atom stereocenters. The van der Waals surface area contributed by atoms with Gasteiger partial charge in [-0.1, -0.05) is 24.7 Å². The Morgan fingerprint density at radius 1 is 1.41 bits per heavy atom. The van der Waals surface area contributed by atoms with Crippen molar-refractivity contribution in [1.82, 2.24) is 4.98 Å². The summed E-state index contributed by atoms with van der Waals surface area (Å²) in [5, 5.41) is 4.41. The molecule has 0 aliphatic heterocycles. The lowest BCUT2D eigenvalue weighted by Gasteiger charge is -2.15. The van der Waals surface area contributed by atoms with Gasteiger partial charge in [0.05, 0.1) is 10.2 Å². The Morgan fingerprint density at radius 3 is 3.06 bits per heavy atom. The van der Waals surface area contributed by atoms with Crippen molar-refractivity contribution in [3.05, 3.63) is 24.0 Å². The van der Waals surface area contributed by atoms with Crippen LogP contribution in [0.3, 0.4) is 0 Å². The van der Waals surface area contributed by atoms with Gasteiger partial charge in [-0.05, 0) is 30.9 Å². The molecule has 2 aromatic rings. The van der Waals surface area contributed by atoms with Crippen LogP contribution in [0.15, 0.2) is 18.2 Å². The second-order valence-corrected chi connectivity index (χ2v) is 5.82. The van der Waals surface area contributed by atoms with E-state index in [-0.39, 0.29) is 5.82 Å². The second kappa shape index (κ2) is 4.26. The number of hydrogen-bond donors (Lipinski definition) is 1. The molecule has 0 radical (unpaired) electrons. The lowest BCUT2D eigenvalue weighted by molar-refractivity contribution is 0.556. The topological polar surface area (TPSA) is 24.9 Å². The van der Waals surface area contributed by atoms with Crippen LogP contribution in [-0.4, -0.2) is 11.0 Å². The maximum Gasteiger partial charge on any atom is 0.184 e. The fraction of sp³-hybridized carbons (Fsp3) is 0.462. The molecule has 2 nitrogen and oxygen atoms in total. The highest BCUT2D eigenvalue weighted by Crippen LogP contribution is 2.31. The Balaban J connectivity index is 1.85. The molecule has 17 heavy (non-hydrogen) atoms. The summed E-state index contributed by atoms with van der Waals surface area (Å²) in [6.07, 6.45) is 3.79. The Bertz CT molecular complexity index is 537. The zero-order valence-corrected chi connectivity index (χ0v) is 10.6. The van der Waals surface area contributed by atoms with Crippen LogP contribution in [0.4, 0.5) is 9.52 Å². The predicted molar refractivity (Wildman–Crippen MR) is 70.0 cm³/mol. The molecule has 0 saturated heterocycles. The van der Waals surface area contributed by atoms with Crippen LogP contribution in [0.2, 0.25) is 0 Å². The van der Waals surface area contributed by atoms with Gasteiger partial charge in [-0.3, -0.25) is 0 Å². The van der Waals surface area contributed by atoms with Gasteiger partial charge in [0.15, 0.2) is 5.13 Å². The lowest BCUT2D eigenvalue weighted by atomic mass is 10.1. The largest absolute Gasteiger partial charge is 0.358 e. The van der Waals surface area contributed by atoms with Crippen LogP contribution in [0.5, 0.6) is 0 Å². The quantitative estimate of drug-likeness (QED) is 0.870. The van der Waals surface area contributed by atoms with E-state index in [1.807, 2.05) is 0 Å². The first-order valence-corrected chi connectivity index (χ1v) is 6.86. The van der Waals surface area contributed by atoms with E-state index in [0.717, 1.165) is 15.3 Å². The molecule has 1 aliphatic carbocycles. The maximum atomic E-state index is 13.1. The van der Waals surface area contributed by atoms with E-state index in [4.69, 9.17) is 0 Å². The molecule has 90 valence electrons. The van der Waals surface area contributed by atoms with Crippen LogP contribution in [0.25, 0.3) is 10.2 Å². The first-order chi connectivity index (χ1) is 8.22. The van der Waals surface area contributed by atoms with E-state index in [9.17, 15) is 4.39 Å². The summed E-state index contributed by atoms with van der Waals surface area (Å²) in [6.45, 7) is 2.28. The van der Waals surface area contributed by atoms with E-state index in [1.54, 1.807) is 17.4 Å². The molecular weight excluding hydrogens is 235 g/mol. The predicted octanol–water partition coefficient (Wildman–Crippen LogP) is 4.04. The number of thiazole rings is 1. The SMILES string of the molecule is CC1CCCC1Nc1nc2cc(F)ccc2s1. The van der Waals surface area contributed by atoms with Crippen LogP contribution in [0.1, 0.15) is 26.2 Å². The summed E-state index contributed by atoms with van der Waals surface area (Å²) in [7, 11) is 0. The molecule has 2 unspecified atom stereocenters. The van der Waals surface area contributed by atoms with Gasteiger partial charge in [0.25, 0.3) is 0 Å². The standard InChI is InChI=1S/C13H15FN2S/c1-8-3-2-4-10(8)15-13-16-11-7-9(14)5-6-12(11)17-13/h5-8,10H,2-4H2,1H3,(H,15,16). The maximum absolute atomic E-state index is 13.1. The highest BCUT2D eigenvalue weighted by Gasteiger charge is 2.23. The summed E-state index contributed by atoms with van der Waals surface area (Å²) in [4.78, 5) is 4.44. The zero-order valence-electron chi connectivity index (χ0n) is 9.74. The molecule has 1 aromatic heterocycles. The third-order valence-electron chi connectivity index (χ3n) is 3.52. The molecular formula is C13H15FN2S. The van der Waals surface area contributed by atoms with Crippen molar-refractivity contribution < 1.29 is 4.39 Å². The number of halogens is 1. The number of nitrogens with one attached hydrogen (secondary N) is 1. The van der Waals surface area contributed by atoms with E-state index in [0.29, 0.717) is 12.0 Å². The van der Waals surface area contributed by atoms with Crippen LogP contribution < -0.4 is 5.32 Å². The minimum absolute atomic E-state index is 0.219. The summed E-state index contributed by atoms with van der Waals surface area (Å²) in [5.74, 6) is 0.488. The smallest absolute Gasteiger partial charge is 0.184 e. The van der Waals surface area contributed by atoms with Crippen molar-refractivity contribution in [3.8, 4) is 0 Å². The van der Waals surface area contributed by atoms with Gasteiger partial charge in [-0.15, -0.1) is 0 Å². The van der Waals surface area contributed by atoms with Crippen molar-refractivity contribution in [2.45, 2.75) is 32.2 Å². The van der Waals surface area contributed by atoms with Crippen molar-refractivity contribution in [3.63, 3.8) is 0 Å². The fourth-order valence-corrected chi connectivity index (χ4v) is 3.39. The minimum atomic E-state index is -0.219. The lowest BCUT2D eigenvalue weighted by Crippen LogP contribution is -2.21. The van der Waals surface area contributed by atoms with Crippen molar-refractivity contribution in [2.24, 2.45) is 5.92 Å². The summed E-state index contributed by atoms with van der Waals surface area (Å²) in [5.41, 5.74) is 0.753. The number of aromatic nitrogens is 1. The third kappa shape index (κ3) is 2.14.